The zero-order chi connectivity index (χ0) is 30.0. The quantitative estimate of drug-likeness (QED) is 0.149. The van der Waals surface area contributed by atoms with Gasteiger partial charge in [0.25, 0.3) is 21.5 Å². The summed E-state index contributed by atoms with van der Waals surface area (Å²) >= 11 is 0. The van der Waals surface area contributed by atoms with Gasteiger partial charge in [-0.2, -0.15) is 0 Å². The van der Waals surface area contributed by atoms with Gasteiger partial charge in [0.1, 0.15) is 23.0 Å². The number of rotatable bonds is 9. The molecule has 2 aromatic rings. The van der Waals surface area contributed by atoms with E-state index in [1.165, 1.54) is 12.1 Å². The summed E-state index contributed by atoms with van der Waals surface area (Å²) in [7, 11) is -4.10. The van der Waals surface area contributed by atoms with Crippen molar-refractivity contribution in [2.75, 3.05) is 6.54 Å². The van der Waals surface area contributed by atoms with E-state index in [0.717, 1.165) is 17.5 Å². The summed E-state index contributed by atoms with van der Waals surface area (Å²) in [5.74, 6) is -1.85. The van der Waals surface area contributed by atoms with Crippen molar-refractivity contribution in [1.82, 2.24) is 20.3 Å². The number of sulfonamides is 1. The Morgan fingerprint density at radius 3 is 2.45 bits per heavy atom. The van der Waals surface area contributed by atoms with Crippen molar-refractivity contribution < 1.29 is 27.9 Å². The van der Waals surface area contributed by atoms with Gasteiger partial charge in [-0.05, 0) is 102 Å². The van der Waals surface area contributed by atoms with Crippen molar-refractivity contribution in [3.05, 3.63) is 56.0 Å². The second kappa shape index (κ2) is 11.7. The normalized spacial score (nSPS) is 14.8. The molecule has 1 amide bonds. The van der Waals surface area contributed by atoms with E-state index < -0.39 is 39.5 Å². The number of aromatic amines is 1. The van der Waals surface area contributed by atoms with Crippen molar-refractivity contribution in [1.29, 1.82) is 5.41 Å². The fourth-order valence-corrected chi connectivity index (χ4v) is 6.26. The number of carboxylic acids is 1. The van der Waals surface area contributed by atoms with Crippen LogP contribution in [0.3, 0.4) is 0 Å². The molecule has 0 saturated carbocycles. The number of ether oxygens (including phenoxy) is 1. The number of carboxylic acid groups (broad SMARTS) is 1. The number of benzene rings is 1. The monoisotopic (exact) mass is 575 g/mol. The molecule has 0 radical (unpaired) electrons. The SMILES string of the molecule is Cc1ccc(C(=O)N[C@@H](CCCNC(=N)NS(=O)(=O)c2c(C)c(C)c3c(c2C)CCC(C)(C)O3)C(=O)O)c(=O)[nH]1. The molecule has 6 N–H and O–H groups in total. The maximum absolute atomic E-state index is 13.3. The molecule has 3 rings (SSSR count). The third kappa shape index (κ3) is 6.82. The van der Waals surface area contributed by atoms with Gasteiger partial charge in [-0.1, -0.05) is 0 Å². The summed E-state index contributed by atoms with van der Waals surface area (Å²) in [6.45, 7) is 11.0. The molecule has 0 spiro atoms. The Labute approximate surface area is 233 Å². The zero-order valence-electron chi connectivity index (χ0n) is 23.6. The topological polar surface area (TPSA) is 191 Å². The number of hydrogen-bond acceptors (Lipinski definition) is 7. The Morgan fingerprint density at radius 1 is 1.15 bits per heavy atom. The van der Waals surface area contributed by atoms with Gasteiger partial charge in [0.15, 0.2) is 0 Å². The first-order valence-corrected chi connectivity index (χ1v) is 14.4. The number of aromatic nitrogens is 1. The van der Waals surface area contributed by atoms with E-state index in [1.807, 2.05) is 20.8 Å². The van der Waals surface area contributed by atoms with Gasteiger partial charge in [0, 0.05) is 12.2 Å². The number of aryl methyl sites for hydroxylation is 1. The van der Waals surface area contributed by atoms with Gasteiger partial charge in [-0.25, -0.2) is 17.9 Å². The van der Waals surface area contributed by atoms with Crippen LogP contribution in [0, 0.1) is 33.1 Å². The Morgan fingerprint density at radius 2 is 1.82 bits per heavy atom. The number of pyridine rings is 1. The minimum Gasteiger partial charge on any atom is -0.487 e. The fraction of sp³-hybridized carbons (Fsp3) is 0.481. The average Bonchev–Trinajstić information content (AvgIpc) is 2.83. The summed E-state index contributed by atoms with van der Waals surface area (Å²) in [6, 6.07) is 1.57. The molecule has 0 unspecified atom stereocenters. The van der Waals surface area contributed by atoms with Crippen LogP contribution in [0.15, 0.2) is 21.8 Å². The number of nitrogens with one attached hydrogen (secondary N) is 5. The summed E-state index contributed by atoms with van der Waals surface area (Å²) in [5, 5.41) is 22.6. The third-order valence-corrected chi connectivity index (χ3v) is 8.67. The fourth-order valence-electron chi connectivity index (χ4n) is 4.74. The maximum atomic E-state index is 13.3. The molecule has 13 heteroatoms. The van der Waals surface area contributed by atoms with E-state index in [1.54, 1.807) is 20.8 Å². The third-order valence-electron chi connectivity index (χ3n) is 7.05. The lowest BCUT2D eigenvalue weighted by Gasteiger charge is -2.35. The van der Waals surface area contributed by atoms with Crippen LogP contribution in [0.4, 0.5) is 0 Å². The Hall–Kier alpha value is -3.87. The molecule has 1 aliphatic heterocycles. The predicted octanol–water partition coefficient (Wildman–Crippen LogP) is 2.18. The van der Waals surface area contributed by atoms with Gasteiger partial charge in [-0.15, -0.1) is 0 Å². The highest BCUT2D eigenvalue weighted by Gasteiger charge is 2.33. The molecule has 1 atom stereocenters. The molecule has 0 saturated heterocycles. The summed E-state index contributed by atoms with van der Waals surface area (Å²) < 4.78 is 35.0. The van der Waals surface area contributed by atoms with Gasteiger partial charge < -0.3 is 25.5 Å². The first-order chi connectivity index (χ1) is 18.5. The van der Waals surface area contributed by atoms with E-state index >= 15 is 0 Å². The van der Waals surface area contributed by atoms with Crippen LogP contribution in [0.1, 0.15) is 71.4 Å². The molecule has 0 bridgehead atoms. The Bertz CT molecular complexity index is 1510. The van der Waals surface area contributed by atoms with Gasteiger partial charge in [0.2, 0.25) is 5.96 Å². The maximum Gasteiger partial charge on any atom is 0.326 e. The molecule has 2 heterocycles. The van der Waals surface area contributed by atoms with Crippen LogP contribution < -0.4 is 25.7 Å². The van der Waals surface area contributed by atoms with E-state index in [0.29, 0.717) is 29.0 Å². The van der Waals surface area contributed by atoms with Crippen molar-refractivity contribution in [3.8, 4) is 5.75 Å². The van der Waals surface area contributed by atoms with E-state index in [4.69, 9.17) is 10.1 Å². The van der Waals surface area contributed by atoms with Gasteiger partial charge in [0.05, 0.1) is 4.90 Å². The summed E-state index contributed by atoms with van der Waals surface area (Å²) in [6.07, 6.45) is 1.59. The highest BCUT2D eigenvalue weighted by molar-refractivity contribution is 7.90. The van der Waals surface area contributed by atoms with Crippen molar-refractivity contribution in [2.24, 2.45) is 0 Å². The first-order valence-electron chi connectivity index (χ1n) is 12.9. The number of guanidine groups is 1. The van der Waals surface area contributed by atoms with Crippen LogP contribution in [0.25, 0.3) is 0 Å². The van der Waals surface area contributed by atoms with Crippen LogP contribution in [-0.2, 0) is 21.2 Å². The molecule has 12 nitrogen and oxygen atoms in total. The van der Waals surface area contributed by atoms with Crippen LogP contribution in [-0.4, -0.2) is 54.5 Å². The summed E-state index contributed by atoms with van der Waals surface area (Å²) in [5.41, 5.74) is 2.10. The van der Waals surface area contributed by atoms with Crippen molar-refractivity contribution in [3.63, 3.8) is 0 Å². The smallest absolute Gasteiger partial charge is 0.326 e. The van der Waals surface area contributed by atoms with Gasteiger partial charge in [-0.3, -0.25) is 15.0 Å². The predicted molar refractivity (Wildman–Crippen MR) is 150 cm³/mol. The molecule has 218 valence electrons. The Balaban J connectivity index is 1.61. The molecule has 0 fully saturated rings. The summed E-state index contributed by atoms with van der Waals surface area (Å²) in [4.78, 5) is 38.6. The van der Waals surface area contributed by atoms with Crippen LogP contribution in [0.5, 0.6) is 5.75 Å². The molecule has 1 aromatic heterocycles. The number of amides is 1. The van der Waals surface area contributed by atoms with Crippen LogP contribution in [0.2, 0.25) is 0 Å². The molecule has 0 aliphatic carbocycles. The number of hydrogen-bond donors (Lipinski definition) is 6. The number of H-pyrrole nitrogens is 1. The van der Waals surface area contributed by atoms with E-state index in [2.05, 4.69) is 20.3 Å². The molecule has 1 aromatic carbocycles. The molecular formula is C27H37N5O7S. The minimum atomic E-state index is -4.10. The minimum absolute atomic E-state index is 0.0174. The van der Waals surface area contributed by atoms with E-state index in [9.17, 15) is 27.9 Å². The second-order valence-electron chi connectivity index (χ2n) is 10.7. The van der Waals surface area contributed by atoms with Crippen molar-refractivity contribution >= 4 is 27.9 Å². The molecule has 1 aliphatic rings. The number of aliphatic carboxylic acids is 1. The largest absolute Gasteiger partial charge is 0.487 e. The zero-order valence-corrected chi connectivity index (χ0v) is 24.4. The molecular weight excluding hydrogens is 538 g/mol. The first kappa shape index (κ1) is 30.7. The Kier molecular flexibility index (Phi) is 8.97. The number of carbonyl (C=O) groups excluding carboxylic acids is 1. The standard InChI is InChI=1S/C27H37N5O7S/c1-14-9-10-19(23(33)30-14)24(34)31-20(25(35)36)8-7-13-29-26(28)32-40(37,38)22-16(3)15(2)21-18(17(22)4)11-12-27(5,6)39-21/h9-10,20H,7-8,11-13H2,1-6H3,(H,30,33)(H,31,34)(H,35,36)(H3,28,29,32)/t20-/m0/s1. The highest BCUT2D eigenvalue weighted by atomic mass is 32.2. The number of carbonyl (C=O) groups is 2. The lowest BCUT2D eigenvalue weighted by molar-refractivity contribution is -0.139. The molecule has 40 heavy (non-hydrogen) atoms. The second-order valence-corrected chi connectivity index (χ2v) is 12.3. The van der Waals surface area contributed by atoms with Gasteiger partial charge >= 0.3 is 5.97 Å². The lowest BCUT2D eigenvalue weighted by Crippen LogP contribution is -2.44. The lowest BCUT2D eigenvalue weighted by atomic mass is 9.88. The van der Waals surface area contributed by atoms with Crippen LogP contribution >= 0.6 is 0 Å². The highest BCUT2D eigenvalue weighted by Crippen LogP contribution is 2.42. The van der Waals surface area contributed by atoms with Crippen molar-refractivity contribution in [2.45, 2.75) is 83.8 Å². The van der Waals surface area contributed by atoms with E-state index in [-0.39, 0.29) is 35.4 Å². The number of fused-ring (bicyclic) bond motifs is 1. The average molecular weight is 576 g/mol.